The highest BCUT2D eigenvalue weighted by atomic mass is 35.5. The van der Waals surface area contributed by atoms with Crippen molar-refractivity contribution in [1.82, 2.24) is 4.90 Å². The van der Waals surface area contributed by atoms with Crippen LogP contribution < -0.4 is 24.4 Å². The zero-order chi connectivity index (χ0) is 20.1. The fourth-order valence-electron chi connectivity index (χ4n) is 3.20. The van der Waals surface area contributed by atoms with Gasteiger partial charge in [-0.1, -0.05) is 17.7 Å². The van der Waals surface area contributed by atoms with Gasteiger partial charge in [-0.15, -0.1) is 0 Å². The summed E-state index contributed by atoms with van der Waals surface area (Å²) in [7, 11) is 4.62. The second kappa shape index (κ2) is 8.93. The van der Waals surface area contributed by atoms with Crippen LogP contribution in [-0.4, -0.2) is 58.4 Å². The summed E-state index contributed by atoms with van der Waals surface area (Å²) in [6, 6.07) is 11.0. The van der Waals surface area contributed by atoms with Crippen molar-refractivity contribution in [2.45, 2.75) is 0 Å². The van der Waals surface area contributed by atoms with E-state index in [4.69, 9.17) is 25.8 Å². The van der Waals surface area contributed by atoms with Crippen LogP contribution in [0.15, 0.2) is 36.4 Å². The van der Waals surface area contributed by atoms with Gasteiger partial charge < -0.3 is 29.3 Å². The number of rotatable bonds is 5. The number of piperazine rings is 1. The molecule has 3 rings (SSSR count). The predicted octanol–water partition coefficient (Wildman–Crippen LogP) is 3.72. The minimum atomic E-state index is -0.167. The Kier molecular flexibility index (Phi) is 6.36. The van der Waals surface area contributed by atoms with Crippen LogP contribution in [0.3, 0.4) is 0 Å². The van der Waals surface area contributed by atoms with Gasteiger partial charge in [0.1, 0.15) is 0 Å². The number of halogens is 1. The molecular weight excluding hydrogens is 382 g/mol. The first-order valence-electron chi connectivity index (χ1n) is 8.92. The molecule has 28 heavy (non-hydrogen) atoms. The Morgan fingerprint density at radius 3 is 2.14 bits per heavy atom. The van der Waals surface area contributed by atoms with Gasteiger partial charge in [0, 0.05) is 49.0 Å². The van der Waals surface area contributed by atoms with Gasteiger partial charge in [-0.05, 0) is 18.2 Å². The van der Waals surface area contributed by atoms with Crippen LogP contribution in [0.1, 0.15) is 0 Å². The summed E-state index contributed by atoms with van der Waals surface area (Å²) in [5.41, 5.74) is 1.65. The van der Waals surface area contributed by atoms with E-state index in [9.17, 15) is 4.79 Å². The largest absolute Gasteiger partial charge is 0.493 e. The average Bonchev–Trinajstić information content (AvgIpc) is 2.73. The van der Waals surface area contributed by atoms with Gasteiger partial charge in [0.15, 0.2) is 11.5 Å². The third-order valence-electron chi connectivity index (χ3n) is 4.66. The van der Waals surface area contributed by atoms with Crippen molar-refractivity contribution < 1.29 is 19.0 Å². The van der Waals surface area contributed by atoms with Gasteiger partial charge >= 0.3 is 6.03 Å². The number of carbonyl (C=O) groups excluding carboxylic acids is 1. The molecule has 1 N–H and O–H groups in total. The molecule has 0 bridgehead atoms. The molecule has 2 aromatic carbocycles. The Labute approximate surface area is 169 Å². The normalized spacial score (nSPS) is 13.9. The van der Waals surface area contributed by atoms with Gasteiger partial charge in [0.2, 0.25) is 5.75 Å². The van der Waals surface area contributed by atoms with Crippen molar-refractivity contribution in [3.8, 4) is 17.2 Å². The SMILES string of the molecule is COc1cc(NC(=O)N2CCN(c3cccc(Cl)c3)CC2)cc(OC)c1OC. The van der Waals surface area contributed by atoms with Crippen molar-refractivity contribution in [2.24, 2.45) is 0 Å². The van der Waals surface area contributed by atoms with E-state index < -0.39 is 0 Å². The van der Waals surface area contributed by atoms with Gasteiger partial charge in [-0.3, -0.25) is 0 Å². The molecule has 1 aliphatic heterocycles. The van der Waals surface area contributed by atoms with Crippen molar-refractivity contribution in [3.63, 3.8) is 0 Å². The summed E-state index contributed by atoms with van der Waals surface area (Å²) < 4.78 is 16.0. The third kappa shape index (κ3) is 4.36. The number of anilines is 2. The summed E-state index contributed by atoms with van der Waals surface area (Å²) in [5.74, 6) is 1.46. The molecule has 1 heterocycles. The zero-order valence-corrected chi connectivity index (χ0v) is 17.0. The fourth-order valence-corrected chi connectivity index (χ4v) is 3.38. The minimum Gasteiger partial charge on any atom is -0.493 e. The van der Waals surface area contributed by atoms with E-state index in [1.807, 2.05) is 24.3 Å². The highest BCUT2D eigenvalue weighted by Crippen LogP contribution is 2.40. The van der Waals surface area contributed by atoms with Crippen molar-refractivity contribution in [1.29, 1.82) is 0 Å². The molecule has 0 aliphatic carbocycles. The maximum Gasteiger partial charge on any atom is 0.321 e. The molecule has 2 amide bonds. The number of carbonyl (C=O) groups is 1. The smallest absolute Gasteiger partial charge is 0.321 e. The lowest BCUT2D eigenvalue weighted by atomic mass is 10.2. The molecule has 0 spiro atoms. The maximum absolute atomic E-state index is 12.7. The number of ether oxygens (including phenoxy) is 3. The van der Waals surface area contributed by atoms with E-state index in [0.717, 1.165) is 18.8 Å². The molecule has 0 atom stereocenters. The molecule has 150 valence electrons. The van der Waals surface area contributed by atoms with E-state index >= 15 is 0 Å². The lowest BCUT2D eigenvalue weighted by Gasteiger charge is -2.36. The molecule has 0 radical (unpaired) electrons. The Bertz CT molecular complexity index is 813. The zero-order valence-electron chi connectivity index (χ0n) is 16.2. The Balaban J connectivity index is 1.64. The summed E-state index contributed by atoms with van der Waals surface area (Å²) in [6.07, 6.45) is 0. The Hall–Kier alpha value is -2.80. The first-order chi connectivity index (χ1) is 13.5. The minimum absolute atomic E-state index is 0.167. The number of benzene rings is 2. The molecule has 0 unspecified atom stereocenters. The van der Waals surface area contributed by atoms with Crippen LogP contribution in [0.2, 0.25) is 5.02 Å². The molecule has 7 nitrogen and oxygen atoms in total. The quantitative estimate of drug-likeness (QED) is 0.821. The van der Waals surface area contributed by atoms with Crippen LogP contribution >= 0.6 is 11.6 Å². The highest BCUT2D eigenvalue weighted by molar-refractivity contribution is 6.30. The monoisotopic (exact) mass is 405 g/mol. The molecule has 2 aromatic rings. The van der Waals surface area contributed by atoms with Crippen LogP contribution in [-0.2, 0) is 0 Å². The van der Waals surface area contributed by atoms with Crippen LogP contribution in [0.25, 0.3) is 0 Å². The number of nitrogens with zero attached hydrogens (tertiary/aromatic N) is 2. The Morgan fingerprint density at radius 1 is 0.964 bits per heavy atom. The van der Waals surface area contributed by atoms with Crippen LogP contribution in [0, 0.1) is 0 Å². The first kappa shape index (κ1) is 19.9. The molecule has 0 aromatic heterocycles. The third-order valence-corrected chi connectivity index (χ3v) is 4.89. The van der Waals surface area contributed by atoms with Gasteiger partial charge in [-0.25, -0.2) is 4.79 Å². The topological polar surface area (TPSA) is 63.3 Å². The lowest BCUT2D eigenvalue weighted by Crippen LogP contribution is -2.50. The van der Waals surface area contributed by atoms with E-state index in [-0.39, 0.29) is 6.03 Å². The number of hydrogen-bond donors (Lipinski definition) is 1. The summed E-state index contributed by atoms with van der Waals surface area (Å²) in [6.45, 7) is 2.71. The number of urea groups is 1. The summed E-state index contributed by atoms with van der Waals surface area (Å²) >= 11 is 6.07. The number of hydrogen-bond acceptors (Lipinski definition) is 5. The molecule has 8 heteroatoms. The van der Waals surface area contributed by atoms with Crippen molar-refractivity contribution in [2.75, 3.05) is 57.7 Å². The highest BCUT2D eigenvalue weighted by Gasteiger charge is 2.22. The van der Waals surface area contributed by atoms with Gasteiger partial charge in [-0.2, -0.15) is 0 Å². The average molecular weight is 406 g/mol. The van der Waals surface area contributed by atoms with E-state index in [1.54, 1.807) is 17.0 Å². The van der Waals surface area contributed by atoms with Crippen LogP contribution in [0.4, 0.5) is 16.2 Å². The molecule has 0 saturated carbocycles. The second-order valence-corrected chi connectivity index (χ2v) is 6.73. The van der Waals surface area contributed by atoms with Crippen molar-refractivity contribution in [3.05, 3.63) is 41.4 Å². The summed E-state index contributed by atoms with van der Waals surface area (Å²) in [4.78, 5) is 16.7. The summed E-state index contributed by atoms with van der Waals surface area (Å²) in [5, 5.41) is 3.62. The van der Waals surface area contributed by atoms with E-state index in [0.29, 0.717) is 41.0 Å². The standard InChI is InChI=1S/C20H24ClN3O4/c1-26-17-12-15(13-18(27-2)19(17)28-3)22-20(25)24-9-7-23(8-10-24)16-6-4-5-14(21)11-16/h4-6,11-13H,7-10H2,1-3H3,(H,22,25). The molecule has 1 aliphatic rings. The molecule has 1 fully saturated rings. The predicted molar refractivity (Wildman–Crippen MR) is 110 cm³/mol. The number of amides is 2. The van der Waals surface area contributed by atoms with Gasteiger partial charge in [0.05, 0.1) is 27.0 Å². The number of methoxy groups -OCH3 is 3. The maximum atomic E-state index is 12.7. The molecular formula is C20H24ClN3O4. The molecule has 1 saturated heterocycles. The van der Waals surface area contributed by atoms with Crippen molar-refractivity contribution >= 4 is 29.0 Å². The van der Waals surface area contributed by atoms with Gasteiger partial charge in [0.25, 0.3) is 0 Å². The van der Waals surface area contributed by atoms with E-state index in [1.165, 1.54) is 21.3 Å². The Morgan fingerprint density at radius 2 is 1.61 bits per heavy atom. The first-order valence-corrected chi connectivity index (χ1v) is 9.30. The van der Waals surface area contributed by atoms with Crippen LogP contribution in [0.5, 0.6) is 17.2 Å². The number of nitrogens with one attached hydrogen (secondary N) is 1. The second-order valence-electron chi connectivity index (χ2n) is 6.30. The fraction of sp³-hybridized carbons (Fsp3) is 0.350. The lowest BCUT2D eigenvalue weighted by molar-refractivity contribution is 0.208. The van der Waals surface area contributed by atoms with E-state index in [2.05, 4.69) is 10.2 Å².